The van der Waals surface area contributed by atoms with Gasteiger partial charge >= 0.3 is 0 Å². The summed E-state index contributed by atoms with van der Waals surface area (Å²) < 4.78 is 10.9. The van der Waals surface area contributed by atoms with Gasteiger partial charge in [-0.15, -0.1) is 0 Å². The second-order valence-corrected chi connectivity index (χ2v) is 5.69. The monoisotopic (exact) mass is 285 g/mol. The number of hydrogen-bond donors (Lipinski definition) is 2. The molecule has 1 aromatic rings. The second-order valence-electron chi connectivity index (χ2n) is 4.91. The summed E-state index contributed by atoms with van der Waals surface area (Å²) in [5.74, 6) is 0. The maximum absolute atomic E-state index is 9.75. The van der Waals surface area contributed by atoms with Gasteiger partial charge < -0.3 is 19.9 Å². The van der Waals surface area contributed by atoms with Crippen LogP contribution in [0.4, 0.5) is 0 Å². The zero-order chi connectivity index (χ0) is 13.3. The van der Waals surface area contributed by atoms with Crippen molar-refractivity contribution in [2.45, 2.75) is 31.5 Å². The molecule has 0 aromatic carbocycles. The minimum atomic E-state index is -0.441. The molecule has 2 atom stereocenters. The van der Waals surface area contributed by atoms with E-state index < -0.39 is 6.10 Å². The van der Waals surface area contributed by atoms with Crippen LogP contribution in [0.1, 0.15) is 18.4 Å². The molecule has 1 aliphatic rings. The number of hydrogen-bond acceptors (Lipinski definition) is 5. The SMILES string of the molecule is OC(CNCCc1ccsc1)COCC1CCCO1. The van der Waals surface area contributed by atoms with Gasteiger partial charge in [0.1, 0.15) is 0 Å². The lowest BCUT2D eigenvalue weighted by molar-refractivity contribution is -0.0163. The average molecular weight is 285 g/mol. The van der Waals surface area contributed by atoms with Crippen LogP contribution in [0.25, 0.3) is 0 Å². The summed E-state index contributed by atoms with van der Waals surface area (Å²) in [7, 11) is 0. The third kappa shape index (κ3) is 6.01. The van der Waals surface area contributed by atoms with Gasteiger partial charge in [0.15, 0.2) is 0 Å². The molecule has 0 spiro atoms. The Balaban J connectivity index is 1.44. The number of thiophene rings is 1. The summed E-state index contributed by atoms with van der Waals surface area (Å²) in [6, 6.07) is 2.13. The molecule has 0 radical (unpaired) electrons. The van der Waals surface area contributed by atoms with E-state index in [9.17, 15) is 5.11 Å². The van der Waals surface area contributed by atoms with Crippen LogP contribution in [0, 0.1) is 0 Å². The zero-order valence-corrected chi connectivity index (χ0v) is 12.0. The maximum Gasteiger partial charge on any atom is 0.0897 e. The molecule has 4 nitrogen and oxygen atoms in total. The van der Waals surface area contributed by atoms with Crippen molar-refractivity contribution in [3.63, 3.8) is 0 Å². The molecule has 19 heavy (non-hydrogen) atoms. The van der Waals surface area contributed by atoms with Crippen LogP contribution in [0.3, 0.4) is 0 Å². The van der Waals surface area contributed by atoms with Crippen LogP contribution >= 0.6 is 11.3 Å². The Labute approximate surface area is 118 Å². The van der Waals surface area contributed by atoms with Crippen LogP contribution in [-0.4, -0.2) is 50.2 Å². The summed E-state index contributed by atoms with van der Waals surface area (Å²) in [5, 5.41) is 17.2. The molecule has 2 rings (SSSR count). The Morgan fingerprint density at radius 2 is 2.53 bits per heavy atom. The third-order valence-corrected chi connectivity index (χ3v) is 3.92. The number of ether oxygens (including phenoxy) is 2. The van der Waals surface area contributed by atoms with Crippen molar-refractivity contribution in [2.75, 3.05) is 32.9 Å². The molecule has 2 N–H and O–H groups in total. The Morgan fingerprint density at radius 3 is 3.26 bits per heavy atom. The fourth-order valence-electron chi connectivity index (χ4n) is 2.11. The standard InChI is InChI=1S/C14H23NO3S/c16-13(9-17-10-14-2-1-6-18-14)8-15-5-3-12-4-7-19-11-12/h4,7,11,13-16H,1-3,5-6,8-10H2. The quantitative estimate of drug-likeness (QED) is 0.674. The lowest BCUT2D eigenvalue weighted by Gasteiger charge is -2.14. The molecule has 108 valence electrons. The van der Waals surface area contributed by atoms with Crippen molar-refractivity contribution in [2.24, 2.45) is 0 Å². The number of aliphatic hydroxyl groups is 1. The van der Waals surface area contributed by atoms with E-state index >= 15 is 0 Å². The lowest BCUT2D eigenvalue weighted by Crippen LogP contribution is -2.32. The van der Waals surface area contributed by atoms with Gasteiger partial charge in [0.25, 0.3) is 0 Å². The van der Waals surface area contributed by atoms with Gasteiger partial charge in [0.2, 0.25) is 0 Å². The first kappa shape index (κ1) is 14.9. The molecule has 1 fully saturated rings. The highest BCUT2D eigenvalue weighted by Crippen LogP contribution is 2.11. The maximum atomic E-state index is 9.75. The molecule has 0 bridgehead atoms. The van der Waals surface area contributed by atoms with Crippen molar-refractivity contribution in [3.8, 4) is 0 Å². The van der Waals surface area contributed by atoms with Crippen molar-refractivity contribution < 1.29 is 14.6 Å². The highest BCUT2D eigenvalue weighted by molar-refractivity contribution is 7.07. The van der Waals surface area contributed by atoms with Crippen molar-refractivity contribution in [1.82, 2.24) is 5.32 Å². The Bertz CT molecular complexity index is 325. The molecule has 0 amide bonds. The minimum absolute atomic E-state index is 0.235. The summed E-state index contributed by atoms with van der Waals surface area (Å²) in [6.07, 6.45) is 3.01. The van der Waals surface area contributed by atoms with E-state index in [4.69, 9.17) is 9.47 Å². The van der Waals surface area contributed by atoms with Gasteiger partial charge in [-0.3, -0.25) is 0 Å². The number of rotatable bonds is 9. The van der Waals surface area contributed by atoms with Crippen LogP contribution in [0.5, 0.6) is 0 Å². The van der Waals surface area contributed by atoms with E-state index in [0.29, 0.717) is 19.8 Å². The lowest BCUT2D eigenvalue weighted by atomic mass is 10.2. The first-order chi connectivity index (χ1) is 9.34. The first-order valence-corrected chi connectivity index (χ1v) is 7.88. The minimum Gasteiger partial charge on any atom is -0.389 e. The van der Waals surface area contributed by atoms with Gasteiger partial charge in [0, 0.05) is 13.2 Å². The average Bonchev–Trinajstić information content (AvgIpc) is 3.07. The number of aliphatic hydroxyl groups excluding tert-OH is 1. The predicted octanol–water partition coefficient (Wildman–Crippen LogP) is 1.44. The third-order valence-electron chi connectivity index (χ3n) is 3.19. The molecular weight excluding hydrogens is 262 g/mol. The molecular formula is C14H23NO3S. The van der Waals surface area contributed by atoms with E-state index in [2.05, 4.69) is 22.1 Å². The summed E-state index contributed by atoms with van der Waals surface area (Å²) >= 11 is 1.72. The second kappa shape index (κ2) is 8.66. The Hall–Kier alpha value is -0.460. The van der Waals surface area contributed by atoms with Crippen LogP contribution in [0.15, 0.2) is 16.8 Å². The fourth-order valence-corrected chi connectivity index (χ4v) is 2.81. The van der Waals surface area contributed by atoms with Crippen molar-refractivity contribution in [1.29, 1.82) is 0 Å². The highest BCUT2D eigenvalue weighted by atomic mass is 32.1. The van der Waals surface area contributed by atoms with Crippen LogP contribution in [0.2, 0.25) is 0 Å². The van der Waals surface area contributed by atoms with E-state index in [1.807, 2.05) is 0 Å². The Morgan fingerprint density at radius 1 is 1.58 bits per heavy atom. The summed E-state index contributed by atoms with van der Waals surface area (Å²) in [6.45, 7) is 3.30. The molecule has 1 aliphatic heterocycles. The van der Waals surface area contributed by atoms with Gasteiger partial charge in [-0.2, -0.15) is 11.3 Å². The molecule has 2 unspecified atom stereocenters. The van der Waals surface area contributed by atoms with Crippen LogP contribution in [-0.2, 0) is 15.9 Å². The molecule has 5 heteroatoms. The van der Waals surface area contributed by atoms with E-state index in [1.165, 1.54) is 5.56 Å². The summed E-state index contributed by atoms with van der Waals surface area (Å²) in [5.41, 5.74) is 1.35. The van der Waals surface area contributed by atoms with Gasteiger partial charge in [-0.25, -0.2) is 0 Å². The molecule has 2 heterocycles. The molecule has 1 saturated heterocycles. The molecule has 0 saturated carbocycles. The smallest absolute Gasteiger partial charge is 0.0897 e. The van der Waals surface area contributed by atoms with Crippen molar-refractivity contribution >= 4 is 11.3 Å². The topological polar surface area (TPSA) is 50.7 Å². The van der Waals surface area contributed by atoms with E-state index in [1.54, 1.807) is 11.3 Å². The van der Waals surface area contributed by atoms with Gasteiger partial charge in [-0.1, -0.05) is 0 Å². The van der Waals surface area contributed by atoms with Crippen LogP contribution < -0.4 is 5.32 Å². The van der Waals surface area contributed by atoms with Gasteiger partial charge in [0.05, 0.1) is 25.4 Å². The normalized spacial score (nSPS) is 20.8. The van der Waals surface area contributed by atoms with Gasteiger partial charge in [-0.05, 0) is 48.2 Å². The first-order valence-electron chi connectivity index (χ1n) is 6.94. The fraction of sp³-hybridized carbons (Fsp3) is 0.714. The van der Waals surface area contributed by atoms with E-state index in [0.717, 1.165) is 32.4 Å². The number of nitrogens with one attached hydrogen (secondary N) is 1. The zero-order valence-electron chi connectivity index (χ0n) is 11.2. The largest absolute Gasteiger partial charge is 0.389 e. The predicted molar refractivity (Wildman–Crippen MR) is 76.7 cm³/mol. The molecule has 1 aromatic heterocycles. The molecule has 0 aliphatic carbocycles. The summed E-state index contributed by atoms with van der Waals surface area (Å²) in [4.78, 5) is 0. The van der Waals surface area contributed by atoms with Crippen molar-refractivity contribution in [3.05, 3.63) is 22.4 Å². The van der Waals surface area contributed by atoms with E-state index in [-0.39, 0.29) is 6.10 Å². The highest BCUT2D eigenvalue weighted by Gasteiger charge is 2.15. The Kier molecular flexibility index (Phi) is 6.81.